The summed E-state index contributed by atoms with van der Waals surface area (Å²) >= 11 is 14.0. The summed E-state index contributed by atoms with van der Waals surface area (Å²) in [7, 11) is 0. The fourth-order valence-corrected chi connectivity index (χ4v) is 4.14. The zero-order valence-corrected chi connectivity index (χ0v) is 12.7. The van der Waals surface area contributed by atoms with Crippen molar-refractivity contribution in [2.24, 2.45) is 0 Å². The summed E-state index contributed by atoms with van der Waals surface area (Å²) in [4.78, 5) is 9.40. The van der Waals surface area contributed by atoms with Crippen molar-refractivity contribution in [2.45, 2.75) is 10.8 Å². The van der Waals surface area contributed by atoms with Gasteiger partial charge in [0.1, 0.15) is 5.82 Å². The number of aromatic nitrogens is 2. The third-order valence-electron chi connectivity index (χ3n) is 3.57. The van der Waals surface area contributed by atoms with Gasteiger partial charge in [-0.1, -0.05) is 41.4 Å². The molecular weight excluding hydrogens is 311 g/mol. The Balaban J connectivity index is 1.84. The van der Waals surface area contributed by atoms with Crippen LogP contribution in [0.1, 0.15) is 17.3 Å². The van der Waals surface area contributed by atoms with E-state index in [-0.39, 0.29) is 0 Å². The van der Waals surface area contributed by atoms with E-state index in [4.69, 9.17) is 23.2 Å². The number of fused-ring (bicyclic) bond motifs is 2. The molecule has 2 aromatic carbocycles. The van der Waals surface area contributed by atoms with Gasteiger partial charge in [-0.05, 0) is 23.8 Å². The number of imidazole rings is 1. The highest BCUT2D eigenvalue weighted by Crippen LogP contribution is 2.42. The molecule has 1 aromatic heterocycles. The van der Waals surface area contributed by atoms with Gasteiger partial charge in [0.05, 0.1) is 27.0 Å². The van der Waals surface area contributed by atoms with Gasteiger partial charge in [0, 0.05) is 10.6 Å². The number of hydrogen-bond donors (Lipinski definition) is 1. The Morgan fingerprint density at radius 3 is 2.85 bits per heavy atom. The zero-order valence-electron chi connectivity index (χ0n) is 10.4. The summed E-state index contributed by atoms with van der Waals surface area (Å²) in [6, 6.07) is 12.1. The molecule has 0 aliphatic carbocycles. The highest BCUT2D eigenvalue weighted by Gasteiger charge is 2.26. The minimum absolute atomic E-state index is 0.307. The maximum Gasteiger partial charge on any atom is 0.115 e. The minimum atomic E-state index is 0.307. The Kier molecular flexibility index (Phi) is 2.95. The number of rotatable bonds is 1. The maximum absolute atomic E-state index is 6.05. The third-order valence-corrected chi connectivity index (χ3v) is 5.48. The van der Waals surface area contributed by atoms with Crippen LogP contribution in [0.5, 0.6) is 0 Å². The topological polar surface area (TPSA) is 28.7 Å². The molecule has 20 heavy (non-hydrogen) atoms. The lowest BCUT2D eigenvalue weighted by atomic mass is 10.0. The van der Waals surface area contributed by atoms with Crippen molar-refractivity contribution in [2.75, 3.05) is 5.75 Å². The number of thioether (sulfide) groups is 1. The van der Waals surface area contributed by atoms with E-state index in [2.05, 4.69) is 34.2 Å². The van der Waals surface area contributed by atoms with Gasteiger partial charge in [-0.15, -0.1) is 11.8 Å². The summed E-state index contributed by atoms with van der Waals surface area (Å²) in [5.74, 6) is 2.30. The number of aromatic amines is 1. The second kappa shape index (κ2) is 4.69. The Morgan fingerprint density at radius 2 is 1.95 bits per heavy atom. The largest absolute Gasteiger partial charge is 0.341 e. The molecule has 0 spiro atoms. The minimum Gasteiger partial charge on any atom is -0.341 e. The second-order valence-electron chi connectivity index (χ2n) is 4.81. The molecule has 0 amide bonds. The molecule has 0 radical (unpaired) electrons. The summed E-state index contributed by atoms with van der Waals surface area (Å²) in [6.07, 6.45) is 0. The summed E-state index contributed by atoms with van der Waals surface area (Å²) < 4.78 is 0. The van der Waals surface area contributed by atoms with Crippen molar-refractivity contribution in [1.29, 1.82) is 0 Å². The van der Waals surface area contributed by atoms with Crippen molar-refractivity contribution >= 4 is 46.0 Å². The van der Waals surface area contributed by atoms with E-state index in [0.717, 1.165) is 22.6 Å². The molecule has 100 valence electrons. The Bertz CT molecular complexity index is 774. The molecule has 0 saturated carbocycles. The average molecular weight is 321 g/mol. The SMILES string of the molecule is Clc1cc2nc(C3CSc4ccccc43)[nH]c2cc1Cl. The van der Waals surface area contributed by atoms with Crippen LogP contribution in [0.3, 0.4) is 0 Å². The van der Waals surface area contributed by atoms with Crippen LogP contribution in [0.25, 0.3) is 11.0 Å². The fourth-order valence-electron chi connectivity index (χ4n) is 2.58. The molecule has 1 aliphatic heterocycles. The molecule has 1 unspecified atom stereocenters. The molecule has 0 fully saturated rings. The summed E-state index contributed by atoms with van der Waals surface area (Å²) in [6.45, 7) is 0. The number of halogens is 2. The van der Waals surface area contributed by atoms with Crippen molar-refractivity contribution in [1.82, 2.24) is 9.97 Å². The second-order valence-corrected chi connectivity index (χ2v) is 6.68. The summed E-state index contributed by atoms with van der Waals surface area (Å²) in [5, 5.41) is 1.09. The molecule has 1 N–H and O–H groups in total. The van der Waals surface area contributed by atoms with Gasteiger partial charge in [0.25, 0.3) is 0 Å². The lowest BCUT2D eigenvalue weighted by Crippen LogP contribution is -2.01. The van der Waals surface area contributed by atoms with Gasteiger partial charge < -0.3 is 4.98 Å². The molecule has 3 aromatic rings. The standard InChI is InChI=1S/C15H10Cl2N2S/c16-10-5-12-13(6-11(10)17)19-15(18-12)9-7-20-14-4-2-1-3-8(9)14/h1-6,9H,7H2,(H,18,19). The van der Waals surface area contributed by atoms with E-state index in [9.17, 15) is 0 Å². The van der Waals surface area contributed by atoms with E-state index in [0.29, 0.717) is 16.0 Å². The van der Waals surface area contributed by atoms with Crippen LogP contribution in [0.15, 0.2) is 41.3 Å². The van der Waals surface area contributed by atoms with E-state index in [1.807, 2.05) is 23.9 Å². The zero-order chi connectivity index (χ0) is 13.7. The van der Waals surface area contributed by atoms with Gasteiger partial charge in [0.2, 0.25) is 0 Å². The molecule has 0 bridgehead atoms. The molecule has 2 heterocycles. The Hall–Kier alpha value is -1.16. The molecule has 0 saturated heterocycles. The molecule has 1 atom stereocenters. The van der Waals surface area contributed by atoms with Crippen molar-refractivity contribution in [3.8, 4) is 0 Å². The molecular formula is C15H10Cl2N2S. The predicted octanol–water partition coefficient (Wildman–Crippen LogP) is 5.11. The van der Waals surface area contributed by atoms with Crippen LogP contribution in [0, 0.1) is 0 Å². The number of hydrogen-bond acceptors (Lipinski definition) is 2. The van der Waals surface area contributed by atoms with Gasteiger partial charge >= 0.3 is 0 Å². The molecule has 1 aliphatic rings. The van der Waals surface area contributed by atoms with E-state index >= 15 is 0 Å². The Morgan fingerprint density at radius 1 is 1.15 bits per heavy atom. The van der Waals surface area contributed by atoms with E-state index < -0.39 is 0 Å². The van der Waals surface area contributed by atoms with Crippen LogP contribution in [-0.4, -0.2) is 15.7 Å². The molecule has 2 nitrogen and oxygen atoms in total. The first kappa shape index (κ1) is 12.6. The van der Waals surface area contributed by atoms with Gasteiger partial charge in [-0.25, -0.2) is 4.98 Å². The normalized spacial score (nSPS) is 17.6. The lowest BCUT2D eigenvalue weighted by molar-refractivity contribution is 0.859. The van der Waals surface area contributed by atoms with Crippen LogP contribution in [0.4, 0.5) is 0 Å². The van der Waals surface area contributed by atoms with Crippen molar-refractivity contribution < 1.29 is 0 Å². The first-order valence-corrected chi connectivity index (χ1v) is 8.03. The average Bonchev–Trinajstić information content (AvgIpc) is 3.02. The fraction of sp³-hybridized carbons (Fsp3) is 0.133. The van der Waals surface area contributed by atoms with Crippen LogP contribution in [-0.2, 0) is 0 Å². The lowest BCUT2D eigenvalue weighted by Gasteiger charge is -2.06. The first-order valence-electron chi connectivity index (χ1n) is 6.29. The third kappa shape index (κ3) is 1.93. The van der Waals surface area contributed by atoms with E-state index in [1.165, 1.54) is 10.5 Å². The highest BCUT2D eigenvalue weighted by atomic mass is 35.5. The first-order chi connectivity index (χ1) is 9.72. The van der Waals surface area contributed by atoms with Crippen molar-refractivity contribution in [3.63, 3.8) is 0 Å². The van der Waals surface area contributed by atoms with Gasteiger partial charge in [0.15, 0.2) is 0 Å². The number of nitrogens with zero attached hydrogens (tertiary/aromatic N) is 1. The Labute approximate surface area is 130 Å². The number of H-pyrrole nitrogens is 1. The van der Waals surface area contributed by atoms with Gasteiger partial charge in [-0.3, -0.25) is 0 Å². The van der Waals surface area contributed by atoms with Crippen LogP contribution in [0.2, 0.25) is 10.0 Å². The number of benzene rings is 2. The van der Waals surface area contributed by atoms with Crippen molar-refractivity contribution in [3.05, 3.63) is 57.8 Å². The number of nitrogens with one attached hydrogen (secondary N) is 1. The quantitative estimate of drug-likeness (QED) is 0.675. The molecule has 4 rings (SSSR count). The highest BCUT2D eigenvalue weighted by molar-refractivity contribution is 7.99. The summed E-state index contributed by atoms with van der Waals surface area (Å²) in [5.41, 5.74) is 3.14. The smallest absolute Gasteiger partial charge is 0.115 e. The van der Waals surface area contributed by atoms with Crippen LogP contribution < -0.4 is 0 Å². The predicted molar refractivity (Wildman–Crippen MR) is 85.1 cm³/mol. The van der Waals surface area contributed by atoms with Crippen LogP contribution >= 0.6 is 35.0 Å². The van der Waals surface area contributed by atoms with Gasteiger partial charge in [-0.2, -0.15) is 0 Å². The monoisotopic (exact) mass is 320 g/mol. The van der Waals surface area contributed by atoms with E-state index in [1.54, 1.807) is 0 Å². The molecule has 5 heteroatoms. The maximum atomic E-state index is 6.05.